The Bertz CT molecular complexity index is 891. The summed E-state index contributed by atoms with van der Waals surface area (Å²) in [5.41, 5.74) is 1.85. The van der Waals surface area contributed by atoms with E-state index in [2.05, 4.69) is 41.7 Å². The number of nitrogens with one attached hydrogen (secondary N) is 1. The van der Waals surface area contributed by atoms with Gasteiger partial charge in [-0.2, -0.15) is 0 Å². The highest BCUT2D eigenvalue weighted by Crippen LogP contribution is 2.30. The van der Waals surface area contributed by atoms with Crippen LogP contribution in [-0.2, 0) is 6.42 Å². The molecule has 1 N–H and O–H groups in total. The van der Waals surface area contributed by atoms with Crippen LogP contribution in [0.5, 0.6) is 0 Å². The lowest BCUT2D eigenvalue weighted by atomic mass is 9.88. The van der Waals surface area contributed by atoms with Crippen molar-refractivity contribution in [2.45, 2.75) is 27.2 Å². The number of halogens is 1. The standard InChI is InChI=1S/C17H17BrN2O/c1-17(2,3)9-14-11-5-4-10(18)8-12(11)15-13(20-14)6-7-19-16(15)21/h4-8H,9H2,1-3H3,(H,19,21). The topological polar surface area (TPSA) is 45.8 Å². The van der Waals surface area contributed by atoms with E-state index in [0.29, 0.717) is 5.39 Å². The number of pyridine rings is 2. The second kappa shape index (κ2) is 4.95. The molecule has 1 aromatic carbocycles. The summed E-state index contributed by atoms with van der Waals surface area (Å²) in [6.07, 6.45) is 2.52. The predicted molar refractivity (Wildman–Crippen MR) is 90.7 cm³/mol. The van der Waals surface area contributed by atoms with E-state index in [1.807, 2.05) is 24.3 Å². The Hall–Kier alpha value is -1.68. The summed E-state index contributed by atoms with van der Waals surface area (Å²) in [6, 6.07) is 7.91. The minimum absolute atomic E-state index is 0.0922. The smallest absolute Gasteiger partial charge is 0.258 e. The third kappa shape index (κ3) is 2.72. The fourth-order valence-corrected chi connectivity index (χ4v) is 3.00. The van der Waals surface area contributed by atoms with Gasteiger partial charge in [0.25, 0.3) is 5.56 Å². The monoisotopic (exact) mass is 344 g/mol. The Morgan fingerprint density at radius 3 is 2.67 bits per heavy atom. The second-order valence-corrected chi connectivity index (χ2v) is 7.47. The maximum absolute atomic E-state index is 12.2. The number of rotatable bonds is 1. The molecule has 0 atom stereocenters. The van der Waals surface area contributed by atoms with Crippen LogP contribution in [0, 0.1) is 5.41 Å². The number of aromatic amines is 1. The molecule has 3 rings (SSSR count). The molecule has 0 radical (unpaired) electrons. The third-order valence-electron chi connectivity index (χ3n) is 3.45. The first-order valence-corrected chi connectivity index (χ1v) is 7.74. The summed E-state index contributed by atoms with van der Waals surface area (Å²) < 4.78 is 0.965. The van der Waals surface area contributed by atoms with E-state index >= 15 is 0 Å². The van der Waals surface area contributed by atoms with Gasteiger partial charge in [-0.25, -0.2) is 0 Å². The Kier molecular flexibility index (Phi) is 3.36. The molecule has 21 heavy (non-hydrogen) atoms. The molecule has 2 heterocycles. The minimum atomic E-state index is -0.0922. The number of benzene rings is 1. The van der Waals surface area contributed by atoms with E-state index in [-0.39, 0.29) is 11.0 Å². The van der Waals surface area contributed by atoms with Crippen molar-refractivity contribution in [3.05, 3.63) is 51.0 Å². The number of aromatic nitrogens is 2. The van der Waals surface area contributed by atoms with Gasteiger partial charge in [0, 0.05) is 21.7 Å². The zero-order valence-corrected chi connectivity index (χ0v) is 13.9. The first kappa shape index (κ1) is 14.3. The van der Waals surface area contributed by atoms with Gasteiger partial charge in [-0.05, 0) is 35.4 Å². The summed E-state index contributed by atoms with van der Waals surface area (Å²) in [4.78, 5) is 19.7. The molecule has 0 aliphatic carbocycles. The van der Waals surface area contributed by atoms with Crippen LogP contribution in [0.4, 0.5) is 0 Å². The molecular weight excluding hydrogens is 328 g/mol. The molecule has 4 heteroatoms. The minimum Gasteiger partial charge on any atom is -0.328 e. The molecule has 3 aromatic rings. The Morgan fingerprint density at radius 1 is 1.19 bits per heavy atom. The van der Waals surface area contributed by atoms with Crippen LogP contribution in [0.25, 0.3) is 21.7 Å². The van der Waals surface area contributed by atoms with Gasteiger partial charge in [0.1, 0.15) is 0 Å². The first-order valence-electron chi connectivity index (χ1n) is 6.95. The van der Waals surface area contributed by atoms with Crippen LogP contribution >= 0.6 is 15.9 Å². The SMILES string of the molecule is CC(C)(C)Cc1nc2cc[nH]c(=O)c2c2cc(Br)ccc12. The van der Waals surface area contributed by atoms with Gasteiger partial charge in [0.05, 0.1) is 10.9 Å². The van der Waals surface area contributed by atoms with E-state index in [1.165, 1.54) is 0 Å². The molecule has 2 aromatic heterocycles. The fraction of sp³-hybridized carbons (Fsp3) is 0.294. The summed E-state index contributed by atoms with van der Waals surface area (Å²) in [7, 11) is 0. The maximum atomic E-state index is 12.2. The zero-order valence-electron chi connectivity index (χ0n) is 12.3. The van der Waals surface area contributed by atoms with Gasteiger partial charge in [-0.1, -0.05) is 42.8 Å². The van der Waals surface area contributed by atoms with E-state index in [0.717, 1.165) is 32.9 Å². The van der Waals surface area contributed by atoms with Crippen LogP contribution in [0.1, 0.15) is 26.5 Å². The van der Waals surface area contributed by atoms with Crippen molar-refractivity contribution in [1.29, 1.82) is 0 Å². The van der Waals surface area contributed by atoms with Crippen LogP contribution in [0.2, 0.25) is 0 Å². The number of fused-ring (bicyclic) bond motifs is 3. The molecule has 0 amide bonds. The predicted octanol–water partition coefficient (Wildman–Crippen LogP) is 4.43. The van der Waals surface area contributed by atoms with Crippen LogP contribution in [0.15, 0.2) is 39.7 Å². The number of hydrogen-bond acceptors (Lipinski definition) is 2. The summed E-state index contributed by atoms with van der Waals surface area (Å²) in [6.45, 7) is 6.59. The number of hydrogen-bond donors (Lipinski definition) is 1. The van der Waals surface area contributed by atoms with Crippen molar-refractivity contribution in [3.8, 4) is 0 Å². The average molecular weight is 345 g/mol. The Morgan fingerprint density at radius 2 is 1.95 bits per heavy atom. The van der Waals surface area contributed by atoms with Gasteiger partial charge >= 0.3 is 0 Å². The van der Waals surface area contributed by atoms with Crippen molar-refractivity contribution in [3.63, 3.8) is 0 Å². The quantitative estimate of drug-likeness (QED) is 0.663. The molecule has 108 valence electrons. The first-order chi connectivity index (χ1) is 9.85. The van der Waals surface area contributed by atoms with Crippen LogP contribution in [0.3, 0.4) is 0 Å². The molecular formula is C17H17BrN2O. The van der Waals surface area contributed by atoms with Gasteiger partial charge in [0.15, 0.2) is 0 Å². The number of H-pyrrole nitrogens is 1. The third-order valence-corrected chi connectivity index (χ3v) is 3.95. The van der Waals surface area contributed by atoms with Crippen molar-refractivity contribution in [2.75, 3.05) is 0 Å². The normalized spacial score (nSPS) is 12.2. The van der Waals surface area contributed by atoms with E-state index in [9.17, 15) is 4.79 Å². The molecule has 0 saturated heterocycles. The Labute approximate surface area is 131 Å². The molecule has 0 aliphatic rings. The highest BCUT2D eigenvalue weighted by atomic mass is 79.9. The van der Waals surface area contributed by atoms with Gasteiger partial charge in [-0.15, -0.1) is 0 Å². The largest absolute Gasteiger partial charge is 0.328 e. The Balaban J connectivity index is 2.46. The lowest BCUT2D eigenvalue weighted by Crippen LogP contribution is -2.13. The molecule has 0 unspecified atom stereocenters. The summed E-state index contributed by atoms with van der Waals surface area (Å²) in [5, 5.41) is 2.67. The lowest BCUT2D eigenvalue weighted by molar-refractivity contribution is 0.408. The molecule has 0 aliphatic heterocycles. The van der Waals surface area contributed by atoms with Crippen molar-refractivity contribution in [2.24, 2.45) is 5.41 Å². The van der Waals surface area contributed by atoms with Crippen molar-refractivity contribution in [1.82, 2.24) is 9.97 Å². The molecule has 0 bridgehead atoms. The van der Waals surface area contributed by atoms with Crippen molar-refractivity contribution >= 4 is 37.6 Å². The van der Waals surface area contributed by atoms with E-state index in [1.54, 1.807) is 6.20 Å². The molecule has 0 fully saturated rings. The van der Waals surface area contributed by atoms with Gasteiger partial charge < -0.3 is 4.98 Å². The highest BCUT2D eigenvalue weighted by molar-refractivity contribution is 9.10. The fourth-order valence-electron chi connectivity index (χ4n) is 2.64. The van der Waals surface area contributed by atoms with Gasteiger partial charge in [-0.3, -0.25) is 9.78 Å². The second-order valence-electron chi connectivity index (χ2n) is 6.55. The highest BCUT2D eigenvalue weighted by Gasteiger charge is 2.17. The zero-order chi connectivity index (χ0) is 15.2. The van der Waals surface area contributed by atoms with E-state index in [4.69, 9.17) is 4.98 Å². The van der Waals surface area contributed by atoms with Crippen LogP contribution in [-0.4, -0.2) is 9.97 Å². The molecule has 3 nitrogen and oxygen atoms in total. The number of nitrogens with zero attached hydrogens (tertiary/aromatic N) is 1. The van der Waals surface area contributed by atoms with Gasteiger partial charge in [0.2, 0.25) is 0 Å². The lowest BCUT2D eigenvalue weighted by Gasteiger charge is -2.19. The van der Waals surface area contributed by atoms with Crippen LogP contribution < -0.4 is 5.56 Å². The molecule has 0 saturated carbocycles. The molecule has 0 spiro atoms. The average Bonchev–Trinajstić information content (AvgIpc) is 2.36. The van der Waals surface area contributed by atoms with Crippen molar-refractivity contribution < 1.29 is 0 Å². The maximum Gasteiger partial charge on any atom is 0.258 e. The summed E-state index contributed by atoms with van der Waals surface area (Å²) in [5.74, 6) is 0. The van der Waals surface area contributed by atoms with E-state index < -0.39 is 0 Å². The summed E-state index contributed by atoms with van der Waals surface area (Å²) >= 11 is 3.50.